The number of nitrogens with one attached hydrogen (secondary N) is 2. The maximum Gasteiger partial charge on any atom is 0.291 e. The van der Waals surface area contributed by atoms with Crippen LogP contribution in [-0.4, -0.2) is 18.4 Å². The molecule has 0 aliphatic rings. The Morgan fingerprint density at radius 1 is 0.906 bits per heavy atom. The maximum absolute atomic E-state index is 12.5. The van der Waals surface area contributed by atoms with Crippen molar-refractivity contribution >= 4 is 28.5 Å². The average molecular weight is 427 g/mol. The highest BCUT2D eigenvalue weighted by Gasteiger charge is 2.12. The van der Waals surface area contributed by atoms with E-state index in [1.54, 1.807) is 18.2 Å². The number of anilines is 1. The number of carbonyl (C=O) groups is 2. The summed E-state index contributed by atoms with van der Waals surface area (Å²) >= 11 is 0. The normalized spacial score (nSPS) is 11.8. The third-order valence-electron chi connectivity index (χ3n) is 5.49. The standard InChI is InChI=1S/C27H26N2O3/c1-19(21-7-3-2-4-8-21)15-16-28-26(30)17-20-11-13-23(14-12-20)29-27(31)25-18-22-9-5-6-10-24(22)32-25/h2-14,18-19H,15-17H2,1H3,(H,28,30)(H,29,31). The molecule has 162 valence electrons. The second kappa shape index (κ2) is 9.96. The van der Waals surface area contributed by atoms with Crippen molar-refractivity contribution in [3.05, 3.63) is 102 Å². The predicted octanol–water partition coefficient (Wildman–Crippen LogP) is 5.54. The van der Waals surface area contributed by atoms with E-state index in [4.69, 9.17) is 4.42 Å². The number of amides is 2. The van der Waals surface area contributed by atoms with Gasteiger partial charge in [0, 0.05) is 17.6 Å². The number of hydrogen-bond acceptors (Lipinski definition) is 3. The monoisotopic (exact) mass is 426 g/mol. The van der Waals surface area contributed by atoms with Gasteiger partial charge in [0.2, 0.25) is 5.91 Å². The molecule has 1 unspecified atom stereocenters. The summed E-state index contributed by atoms with van der Waals surface area (Å²) in [5, 5.41) is 6.71. The minimum Gasteiger partial charge on any atom is -0.451 e. The van der Waals surface area contributed by atoms with Crippen molar-refractivity contribution in [1.29, 1.82) is 0 Å². The molecule has 0 aliphatic heterocycles. The van der Waals surface area contributed by atoms with Crippen LogP contribution >= 0.6 is 0 Å². The van der Waals surface area contributed by atoms with Gasteiger partial charge in [-0.25, -0.2) is 0 Å². The first-order valence-electron chi connectivity index (χ1n) is 10.8. The van der Waals surface area contributed by atoms with Crippen molar-refractivity contribution < 1.29 is 14.0 Å². The minimum atomic E-state index is -0.306. The maximum atomic E-state index is 12.5. The van der Waals surface area contributed by atoms with Crippen molar-refractivity contribution in [1.82, 2.24) is 5.32 Å². The lowest BCUT2D eigenvalue weighted by atomic mass is 9.98. The highest BCUT2D eigenvalue weighted by Crippen LogP contribution is 2.20. The van der Waals surface area contributed by atoms with Gasteiger partial charge < -0.3 is 15.1 Å². The van der Waals surface area contributed by atoms with E-state index in [1.807, 2.05) is 54.6 Å². The molecule has 2 N–H and O–H groups in total. The van der Waals surface area contributed by atoms with Crippen LogP contribution in [0.4, 0.5) is 5.69 Å². The van der Waals surface area contributed by atoms with Crippen LogP contribution in [0.15, 0.2) is 89.3 Å². The van der Waals surface area contributed by atoms with E-state index in [2.05, 4.69) is 29.7 Å². The molecule has 0 aliphatic carbocycles. The molecule has 3 aromatic carbocycles. The SMILES string of the molecule is CC(CCNC(=O)Cc1ccc(NC(=O)c2cc3ccccc3o2)cc1)c1ccccc1. The summed E-state index contributed by atoms with van der Waals surface area (Å²) in [5.74, 6) is 0.342. The molecule has 5 heteroatoms. The summed E-state index contributed by atoms with van der Waals surface area (Å²) in [6.45, 7) is 2.81. The second-order valence-corrected chi connectivity index (χ2v) is 7.93. The largest absolute Gasteiger partial charge is 0.451 e. The average Bonchev–Trinajstić information content (AvgIpc) is 3.25. The van der Waals surface area contributed by atoms with Gasteiger partial charge in [0.1, 0.15) is 5.58 Å². The molecule has 5 nitrogen and oxygen atoms in total. The Labute approximate surface area is 187 Å². The zero-order valence-corrected chi connectivity index (χ0v) is 18.0. The quantitative estimate of drug-likeness (QED) is 0.389. The molecule has 0 saturated heterocycles. The van der Waals surface area contributed by atoms with E-state index in [-0.39, 0.29) is 17.6 Å². The van der Waals surface area contributed by atoms with Crippen LogP contribution in [0.1, 0.15) is 40.9 Å². The zero-order chi connectivity index (χ0) is 22.3. The Kier molecular flexibility index (Phi) is 6.66. The summed E-state index contributed by atoms with van der Waals surface area (Å²) in [5.41, 5.74) is 3.50. The molecule has 0 bridgehead atoms. The van der Waals surface area contributed by atoms with Gasteiger partial charge in [-0.1, -0.05) is 67.6 Å². The van der Waals surface area contributed by atoms with Crippen molar-refractivity contribution in [3.63, 3.8) is 0 Å². The predicted molar refractivity (Wildman–Crippen MR) is 127 cm³/mol. The van der Waals surface area contributed by atoms with Gasteiger partial charge in [0.05, 0.1) is 6.42 Å². The molecule has 1 aromatic heterocycles. The van der Waals surface area contributed by atoms with Gasteiger partial charge in [-0.2, -0.15) is 0 Å². The molecule has 0 radical (unpaired) electrons. The molecule has 0 spiro atoms. The van der Waals surface area contributed by atoms with Gasteiger partial charge in [0.15, 0.2) is 5.76 Å². The van der Waals surface area contributed by atoms with Gasteiger partial charge in [-0.3, -0.25) is 9.59 Å². The Morgan fingerprint density at radius 2 is 1.62 bits per heavy atom. The van der Waals surface area contributed by atoms with E-state index in [0.717, 1.165) is 17.4 Å². The van der Waals surface area contributed by atoms with Crippen LogP contribution in [0.2, 0.25) is 0 Å². The molecule has 1 heterocycles. The van der Waals surface area contributed by atoms with Crippen molar-refractivity contribution in [2.24, 2.45) is 0 Å². The Morgan fingerprint density at radius 3 is 2.38 bits per heavy atom. The number of fused-ring (bicyclic) bond motifs is 1. The van der Waals surface area contributed by atoms with Gasteiger partial charge in [-0.15, -0.1) is 0 Å². The lowest BCUT2D eigenvalue weighted by Crippen LogP contribution is -2.26. The number of benzene rings is 3. The number of para-hydroxylation sites is 1. The summed E-state index contributed by atoms with van der Waals surface area (Å²) in [7, 11) is 0. The van der Waals surface area contributed by atoms with Crippen LogP contribution < -0.4 is 10.6 Å². The molecule has 0 fully saturated rings. The summed E-state index contributed by atoms with van der Waals surface area (Å²) in [6.07, 6.45) is 1.19. The first-order chi connectivity index (χ1) is 15.6. The van der Waals surface area contributed by atoms with E-state index in [0.29, 0.717) is 30.2 Å². The topological polar surface area (TPSA) is 71.3 Å². The van der Waals surface area contributed by atoms with Crippen LogP contribution in [-0.2, 0) is 11.2 Å². The van der Waals surface area contributed by atoms with Crippen molar-refractivity contribution in [3.8, 4) is 0 Å². The smallest absolute Gasteiger partial charge is 0.291 e. The first-order valence-corrected chi connectivity index (χ1v) is 10.8. The van der Waals surface area contributed by atoms with Crippen LogP contribution in [0.3, 0.4) is 0 Å². The fourth-order valence-electron chi connectivity index (χ4n) is 3.62. The van der Waals surface area contributed by atoms with E-state index < -0.39 is 0 Å². The third-order valence-corrected chi connectivity index (χ3v) is 5.49. The number of furan rings is 1. The lowest BCUT2D eigenvalue weighted by molar-refractivity contribution is -0.120. The van der Waals surface area contributed by atoms with Gasteiger partial charge in [-0.05, 0) is 47.7 Å². The van der Waals surface area contributed by atoms with Crippen molar-refractivity contribution in [2.45, 2.75) is 25.7 Å². The van der Waals surface area contributed by atoms with E-state index in [1.165, 1.54) is 5.56 Å². The fraction of sp³-hybridized carbons (Fsp3) is 0.185. The Balaban J connectivity index is 1.25. The highest BCUT2D eigenvalue weighted by molar-refractivity contribution is 6.04. The molecule has 4 aromatic rings. The fourth-order valence-corrected chi connectivity index (χ4v) is 3.62. The summed E-state index contributed by atoms with van der Waals surface area (Å²) in [6, 6.07) is 26.8. The molecule has 4 rings (SSSR count). The highest BCUT2D eigenvalue weighted by atomic mass is 16.3. The number of carbonyl (C=O) groups excluding carboxylic acids is 2. The lowest BCUT2D eigenvalue weighted by Gasteiger charge is -2.12. The number of hydrogen-bond donors (Lipinski definition) is 2. The Hall–Kier alpha value is -3.86. The van der Waals surface area contributed by atoms with E-state index in [9.17, 15) is 9.59 Å². The summed E-state index contributed by atoms with van der Waals surface area (Å²) in [4.78, 5) is 24.7. The van der Waals surface area contributed by atoms with E-state index >= 15 is 0 Å². The van der Waals surface area contributed by atoms with Crippen molar-refractivity contribution in [2.75, 3.05) is 11.9 Å². The Bertz CT molecular complexity index is 1160. The molecule has 0 saturated carbocycles. The van der Waals surface area contributed by atoms with Gasteiger partial charge in [0.25, 0.3) is 5.91 Å². The summed E-state index contributed by atoms with van der Waals surface area (Å²) < 4.78 is 5.60. The molecule has 32 heavy (non-hydrogen) atoms. The third kappa shape index (κ3) is 5.43. The zero-order valence-electron chi connectivity index (χ0n) is 18.0. The van der Waals surface area contributed by atoms with Crippen LogP contribution in [0.5, 0.6) is 0 Å². The molecule has 1 atom stereocenters. The van der Waals surface area contributed by atoms with Crippen LogP contribution in [0.25, 0.3) is 11.0 Å². The van der Waals surface area contributed by atoms with Crippen LogP contribution in [0, 0.1) is 0 Å². The second-order valence-electron chi connectivity index (χ2n) is 7.93. The first kappa shape index (κ1) is 21.4. The molecular formula is C27H26N2O3. The minimum absolute atomic E-state index is 0.00989. The molecule has 2 amide bonds. The number of rotatable bonds is 8. The molecular weight excluding hydrogens is 400 g/mol. The van der Waals surface area contributed by atoms with Gasteiger partial charge >= 0.3 is 0 Å².